The third-order valence-corrected chi connectivity index (χ3v) is 9.89. The van der Waals surface area contributed by atoms with Crippen LogP contribution in [0.5, 0.6) is 5.75 Å². The van der Waals surface area contributed by atoms with Crippen LogP contribution >= 0.6 is 0 Å². The number of aliphatic hydroxyl groups excluding tert-OH is 1. The molecule has 3 unspecified atom stereocenters. The summed E-state index contributed by atoms with van der Waals surface area (Å²) < 4.78 is 0. The van der Waals surface area contributed by atoms with Crippen LogP contribution in [0, 0.1) is 18.8 Å². The molecule has 9 heteroatoms. The lowest BCUT2D eigenvalue weighted by molar-refractivity contribution is -0.135. The third-order valence-electron chi connectivity index (χ3n) is 9.89. The summed E-state index contributed by atoms with van der Waals surface area (Å²) in [5.74, 6) is -1.78. The van der Waals surface area contributed by atoms with Crippen molar-refractivity contribution in [3.8, 4) is 5.75 Å². The van der Waals surface area contributed by atoms with Crippen LogP contribution in [0.15, 0.2) is 53.6 Å². The molecule has 1 aromatic carbocycles. The summed E-state index contributed by atoms with van der Waals surface area (Å²) in [5.41, 5.74) is 5.56. The molecule has 2 aromatic rings. The van der Waals surface area contributed by atoms with Crippen molar-refractivity contribution in [2.24, 2.45) is 11.8 Å². The minimum Gasteiger partial charge on any atom is -0.504 e. The maximum absolute atomic E-state index is 13.0. The highest BCUT2D eigenvalue weighted by atomic mass is 16.4. The lowest BCUT2D eigenvalue weighted by atomic mass is 9.52. The van der Waals surface area contributed by atoms with Crippen molar-refractivity contribution in [3.05, 3.63) is 82.0 Å². The van der Waals surface area contributed by atoms with Gasteiger partial charge in [-0.25, -0.2) is 9.97 Å². The van der Waals surface area contributed by atoms with Gasteiger partial charge >= 0.3 is 5.97 Å². The van der Waals surface area contributed by atoms with Crippen molar-refractivity contribution in [2.45, 2.75) is 63.9 Å². The lowest BCUT2D eigenvalue weighted by Crippen LogP contribution is -2.50. The first-order valence-electron chi connectivity index (χ1n) is 14.9. The minimum absolute atomic E-state index is 0.0685. The van der Waals surface area contributed by atoms with Crippen LogP contribution in [0.25, 0.3) is 0 Å². The van der Waals surface area contributed by atoms with Gasteiger partial charge in [0, 0.05) is 42.4 Å². The highest BCUT2D eigenvalue weighted by Gasteiger charge is 2.56. The topological polar surface area (TPSA) is 136 Å². The molecule has 9 nitrogen and oxygen atoms in total. The number of piperidine rings is 1. The Morgan fingerprint density at radius 1 is 1.14 bits per heavy atom. The number of hydrogen-bond acceptors (Lipinski definition) is 7. The summed E-state index contributed by atoms with van der Waals surface area (Å²) >= 11 is 0. The van der Waals surface area contributed by atoms with Crippen LogP contribution in [0.3, 0.4) is 0 Å². The van der Waals surface area contributed by atoms with Gasteiger partial charge in [-0.15, -0.1) is 0 Å². The highest BCUT2D eigenvalue weighted by molar-refractivity contribution is 5.96. The average molecular weight is 571 g/mol. The second-order valence-electron chi connectivity index (χ2n) is 12.1. The number of carbonyl (C=O) groups excluding carboxylic acids is 1. The zero-order valence-electron chi connectivity index (χ0n) is 24.3. The normalized spacial score (nSPS) is 23.7. The number of nitrogens with one attached hydrogen (secondary N) is 1. The van der Waals surface area contributed by atoms with Gasteiger partial charge in [-0.05, 0) is 60.4 Å². The van der Waals surface area contributed by atoms with Crippen LogP contribution in [0.4, 0.5) is 5.69 Å². The number of aliphatic hydroxyl groups is 1. The minimum atomic E-state index is -1.18. The zero-order chi connectivity index (χ0) is 29.8. The Kier molecular flexibility index (Phi) is 7.17. The summed E-state index contributed by atoms with van der Waals surface area (Å²) in [7, 11) is 0. The summed E-state index contributed by atoms with van der Waals surface area (Å²) in [4.78, 5) is 36.0. The van der Waals surface area contributed by atoms with Gasteiger partial charge in [0.25, 0.3) is 5.91 Å². The molecular weight excluding hydrogens is 532 g/mol. The molecule has 6 heterocycles. The van der Waals surface area contributed by atoms with Gasteiger partial charge in [0.2, 0.25) is 0 Å². The van der Waals surface area contributed by atoms with Gasteiger partial charge in [-0.3, -0.25) is 9.59 Å². The molecule has 0 saturated carbocycles. The molecule has 1 aromatic heterocycles. The predicted molar refractivity (Wildman–Crippen MR) is 159 cm³/mol. The molecule has 1 fully saturated rings. The second kappa shape index (κ2) is 10.7. The molecule has 0 radical (unpaired) electrons. The number of hydrogen-bond donors (Lipinski definition) is 4. The Morgan fingerprint density at radius 3 is 2.45 bits per heavy atom. The number of rotatable bonds is 9. The van der Waals surface area contributed by atoms with Crippen molar-refractivity contribution < 1.29 is 24.9 Å². The first-order valence-corrected chi connectivity index (χ1v) is 14.9. The number of nitrogens with zero attached hydrogens (tertiary/aromatic N) is 3. The molecule has 9 rings (SSSR count). The number of allylic oxidation sites excluding steroid dienone is 6. The van der Waals surface area contributed by atoms with E-state index in [1.54, 1.807) is 6.92 Å². The molecule has 42 heavy (non-hydrogen) atoms. The van der Waals surface area contributed by atoms with Gasteiger partial charge in [-0.2, -0.15) is 0 Å². The largest absolute Gasteiger partial charge is 0.504 e. The number of aromatic nitrogens is 2. The smallest absolute Gasteiger partial charge is 0.322 e. The van der Waals surface area contributed by atoms with Crippen LogP contribution in [-0.2, 0) is 16.6 Å². The van der Waals surface area contributed by atoms with E-state index in [1.165, 1.54) is 22.4 Å². The maximum Gasteiger partial charge on any atom is 0.322 e. The van der Waals surface area contributed by atoms with E-state index in [2.05, 4.69) is 64.6 Å². The zero-order valence-corrected chi connectivity index (χ0v) is 24.3. The highest BCUT2D eigenvalue weighted by Crippen LogP contribution is 2.61. The molecule has 1 amide bonds. The molecule has 6 bridgehead atoms. The van der Waals surface area contributed by atoms with Gasteiger partial charge in [-0.1, -0.05) is 50.3 Å². The molecule has 5 aliphatic heterocycles. The van der Waals surface area contributed by atoms with Crippen LogP contribution in [0.2, 0.25) is 0 Å². The van der Waals surface area contributed by atoms with E-state index >= 15 is 0 Å². The first kappa shape index (κ1) is 28.2. The van der Waals surface area contributed by atoms with Crippen LogP contribution in [-0.4, -0.2) is 62.9 Å². The van der Waals surface area contributed by atoms with E-state index < -0.39 is 29.9 Å². The van der Waals surface area contributed by atoms with Crippen molar-refractivity contribution in [1.82, 2.24) is 15.3 Å². The molecular formula is C33H38N4O5. The van der Waals surface area contributed by atoms with Crippen molar-refractivity contribution in [3.63, 3.8) is 0 Å². The van der Waals surface area contributed by atoms with Crippen molar-refractivity contribution in [1.29, 1.82) is 0 Å². The van der Waals surface area contributed by atoms with E-state index in [0.717, 1.165) is 31.5 Å². The fourth-order valence-corrected chi connectivity index (χ4v) is 7.83. The van der Waals surface area contributed by atoms with E-state index in [-0.39, 0.29) is 34.9 Å². The average Bonchev–Trinajstić information content (AvgIpc) is 3.62. The fourth-order valence-electron chi connectivity index (χ4n) is 7.83. The molecule has 7 aliphatic rings. The number of aliphatic carboxylic acids is 1. The molecule has 4 N–H and O–H groups in total. The van der Waals surface area contributed by atoms with E-state index in [0.29, 0.717) is 18.7 Å². The Morgan fingerprint density at radius 2 is 1.83 bits per heavy atom. The number of amides is 1. The Balaban J connectivity index is 1.55. The second-order valence-corrected chi connectivity index (χ2v) is 12.1. The third kappa shape index (κ3) is 4.42. The number of aromatic hydroxyl groups is 1. The van der Waals surface area contributed by atoms with Gasteiger partial charge < -0.3 is 25.5 Å². The fraction of sp³-hybridized carbons (Fsp3) is 0.455. The number of benzene rings is 1. The quantitative estimate of drug-likeness (QED) is 0.356. The Labute approximate surface area is 245 Å². The summed E-state index contributed by atoms with van der Waals surface area (Å²) in [5, 5.41) is 32.9. The molecule has 0 spiro atoms. The lowest BCUT2D eigenvalue weighted by Gasteiger charge is -2.51. The van der Waals surface area contributed by atoms with Crippen LogP contribution < -0.4 is 10.2 Å². The summed E-state index contributed by atoms with van der Waals surface area (Å²) in [6, 6.07) is 6.73. The van der Waals surface area contributed by atoms with E-state index in [4.69, 9.17) is 10.1 Å². The molecule has 2 aliphatic carbocycles. The predicted octanol–water partition coefficient (Wildman–Crippen LogP) is 3.94. The van der Waals surface area contributed by atoms with Gasteiger partial charge in [0.05, 0.1) is 11.8 Å². The molecule has 3 atom stereocenters. The van der Waals surface area contributed by atoms with Crippen LogP contribution in [0.1, 0.15) is 72.2 Å². The number of carboxylic acid groups (broad SMARTS) is 1. The first-order chi connectivity index (χ1) is 20.1. The number of fused-ring (bicyclic) bond motifs is 2. The monoisotopic (exact) mass is 570 g/mol. The van der Waals surface area contributed by atoms with E-state index in [9.17, 15) is 19.8 Å². The number of carboxylic acids is 1. The maximum atomic E-state index is 13.0. The number of carbonyl (C=O) groups is 2. The SMILES string of the molecule is CCC(O)Cc1cc2ccc1N1CCC(CC1)C2(C1C2=CC=C1C=C2)C(C)c1nc(C)c(O)c(C(=O)NCC(=O)O)n1. The van der Waals surface area contributed by atoms with E-state index in [1.807, 2.05) is 6.92 Å². The number of anilines is 1. The molecule has 220 valence electrons. The van der Waals surface area contributed by atoms with Crippen molar-refractivity contribution in [2.75, 3.05) is 24.5 Å². The summed E-state index contributed by atoms with van der Waals surface area (Å²) in [6.07, 6.45) is 11.5. The Bertz CT molecular complexity index is 1520. The molecule has 1 saturated heterocycles. The number of aryl methyl sites for hydroxylation is 1. The van der Waals surface area contributed by atoms with Gasteiger partial charge in [0.15, 0.2) is 11.4 Å². The standard InChI is InChI=1S/C33H38N4O5/c1-4-25(38)16-22-15-24-9-10-26(22)37-13-11-23(12-14-37)33(24,28-20-5-6-21(28)8-7-20)18(2)31-35-19(3)30(41)29(36-31)32(42)34-17-27(39)40/h5-10,15,18,23,25,28,38,41H,4,11-14,16-17H2,1-3H3,(H,34,42)(H,39,40). The van der Waals surface area contributed by atoms with Gasteiger partial charge in [0.1, 0.15) is 12.4 Å². The summed E-state index contributed by atoms with van der Waals surface area (Å²) in [6.45, 7) is 7.00. The van der Waals surface area contributed by atoms with Crippen molar-refractivity contribution >= 4 is 17.6 Å². The Hall–Kier alpha value is -3.98.